The van der Waals surface area contributed by atoms with E-state index in [4.69, 9.17) is 5.11 Å². The van der Waals surface area contributed by atoms with Crippen LogP contribution in [-0.2, 0) is 0 Å². The van der Waals surface area contributed by atoms with Crippen molar-refractivity contribution in [3.8, 4) is 0 Å². The largest absolute Gasteiger partial charge is 0.394 e. The Morgan fingerprint density at radius 3 is 2.39 bits per heavy atom. The molecule has 3 N–H and O–H groups in total. The number of benzene rings is 1. The quantitative estimate of drug-likeness (QED) is 0.655. The van der Waals surface area contributed by atoms with Crippen molar-refractivity contribution in [2.45, 2.75) is 76.0 Å². The molecule has 1 aromatic heterocycles. The maximum Gasteiger partial charge on any atom is 0.294 e. The van der Waals surface area contributed by atoms with E-state index in [1.165, 1.54) is 44.9 Å². The lowest BCUT2D eigenvalue weighted by Crippen LogP contribution is -2.43. The first-order valence-corrected chi connectivity index (χ1v) is 12.0. The lowest BCUT2D eigenvalue weighted by Gasteiger charge is -2.39. The van der Waals surface area contributed by atoms with Crippen molar-refractivity contribution in [1.29, 1.82) is 0 Å². The summed E-state index contributed by atoms with van der Waals surface area (Å²) in [5, 5.41) is 21.7. The SMILES string of the molecule is O=c1c(NC[C@@H](O)CO)nc2ccccc2n1C1CCN(C2CCCCCCC2)CC1. The summed E-state index contributed by atoms with van der Waals surface area (Å²) in [5.41, 5.74) is 1.49. The van der Waals surface area contributed by atoms with Crippen LogP contribution in [0.15, 0.2) is 29.1 Å². The van der Waals surface area contributed by atoms with Gasteiger partial charge in [0.1, 0.15) is 0 Å². The summed E-state index contributed by atoms with van der Waals surface area (Å²) in [6.07, 6.45) is 10.4. The van der Waals surface area contributed by atoms with Crippen LogP contribution in [0, 0.1) is 0 Å². The maximum atomic E-state index is 13.3. The average molecular weight is 429 g/mol. The van der Waals surface area contributed by atoms with Gasteiger partial charge in [0.05, 0.1) is 23.7 Å². The van der Waals surface area contributed by atoms with Gasteiger partial charge in [0.2, 0.25) is 0 Å². The molecule has 1 aliphatic carbocycles. The van der Waals surface area contributed by atoms with E-state index < -0.39 is 6.10 Å². The Labute approximate surface area is 184 Å². The molecule has 1 saturated heterocycles. The summed E-state index contributed by atoms with van der Waals surface area (Å²) in [6, 6.07) is 8.61. The van der Waals surface area contributed by atoms with E-state index in [1.54, 1.807) is 0 Å². The number of aliphatic hydroxyl groups is 2. The van der Waals surface area contributed by atoms with E-state index in [2.05, 4.69) is 15.2 Å². The molecule has 1 aliphatic heterocycles. The van der Waals surface area contributed by atoms with Gasteiger partial charge in [0, 0.05) is 31.7 Å². The van der Waals surface area contributed by atoms with Crippen LogP contribution in [0.1, 0.15) is 63.8 Å². The van der Waals surface area contributed by atoms with Crippen LogP contribution in [0.2, 0.25) is 0 Å². The molecule has 2 heterocycles. The molecule has 7 heteroatoms. The standard InChI is InChI=1S/C24H36N4O3/c29-17-20(30)16-25-23-24(31)28(22-11-7-6-10-21(22)26-23)19-12-14-27(15-13-19)18-8-4-2-1-3-5-9-18/h6-7,10-11,18-20,29-30H,1-5,8-9,12-17H2,(H,25,26)/t20-/m1/s1. The van der Waals surface area contributed by atoms with Gasteiger partial charge in [-0.3, -0.25) is 4.79 Å². The molecule has 0 amide bonds. The fraction of sp³-hybridized carbons (Fsp3) is 0.667. The highest BCUT2D eigenvalue weighted by Gasteiger charge is 2.28. The van der Waals surface area contributed by atoms with Crippen LogP contribution in [0.4, 0.5) is 5.82 Å². The summed E-state index contributed by atoms with van der Waals surface area (Å²) in [7, 11) is 0. The van der Waals surface area contributed by atoms with Crippen molar-refractivity contribution in [2.24, 2.45) is 0 Å². The zero-order valence-corrected chi connectivity index (χ0v) is 18.4. The van der Waals surface area contributed by atoms with Crippen molar-refractivity contribution >= 4 is 16.9 Å². The molecule has 0 unspecified atom stereocenters. The molecular formula is C24H36N4O3. The number of anilines is 1. The van der Waals surface area contributed by atoms with E-state index in [0.29, 0.717) is 6.04 Å². The van der Waals surface area contributed by atoms with Crippen LogP contribution in [-0.4, -0.2) is 63.1 Å². The number of nitrogens with zero attached hydrogens (tertiary/aromatic N) is 3. The van der Waals surface area contributed by atoms with Gasteiger partial charge >= 0.3 is 0 Å². The Balaban J connectivity index is 1.53. The second kappa shape index (κ2) is 10.6. The average Bonchev–Trinajstić information content (AvgIpc) is 2.77. The highest BCUT2D eigenvalue weighted by molar-refractivity contribution is 5.76. The minimum atomic E-state index is -0.923. The summed E-state index contributed by atoms with van der Waals surface area (Å²) >= 11 is 0. The Hall–Kier alpha value is -1.96. The van der Waals surface area contributed by atoms with Gasteiger partial charge in [-0.2, -0.15) is 0 Å². The molecule has 0 radical (unpaired) electrons. The predicted octanol–water partition coefficient (Wildman–Crippen LogP) is 2.91. The van der Waals surface area contributed by atoms with Crippen molar-refractivity contribution in [1.82, 2.24) is 14.5 Å². The molecule has 4 rings (SSSR count). The van der Waals surface area contributed by atoms with Gasteiger partial charge in [-0.25, -0.2) is 4.98 Å². The van der Waals surface area contributed by atoms with Crippen LogP contribution in [0.5, 0.6) is 0 Å². The Kier molecular flexibility index (Phi) is 7.58. The first-order chi connectivity index (χ1) is 15.2. The molecule has 2 aliphatic rings. The summed E-state index contributed by atoms with van der Waals surface area (Å²) in [4.78, 5) is 20.5. The number of aliphatic hydroxyl groups excluding tert-OH is 2. The number of piperidine rings is 1. The minimum Gasteiger partial charge on any atom is -0.394 e. The lowest BCUT2D eigenvalue weighted by atomic mass is 9.93. The van der Waals surface area contributed by atoms with E-state index >= 15 is 0 Å². The Bertz CT molecular complexity index is 899. The number of nitrogens with one attached hydrogen (secondary N) is 1. The number of likely N-dealkylation sites (tertiary alicyclic amines) is 1. The van der Waals surface area contributed by atoms with Crippen molar-refractivity contribution in [2.75, 3.05) is 31.6 Å². The monoisotopic (exact) mass is 428 g/mol. The first-order valence-electron chi connectivity index (χ1n) is 12.0. The summed E-state index contributed by atoms with van der Waals surface area (Å²) < 4.78 is 1.91. The van der Waals surface area contributed by atoms with E-state index in [-0.39, 0.29) is 30.6 Å². The second-order valence-corrected chi connectivity index (χ2v) is 9.11. The van der Waals surface area contributed by atoms with Crippen molar-refractivity contribution < 1.29 is 10.2 Å². The number of hydrogen-bond acceptors (Lipinski definition) is 6. The maximum absolute atomic E-state index is 13.3. The third kappa shape index (κ3) is 5.27. The number of aromatic nitrogens is 2. The molecule has 7 nitrogen and oxygen atoms in total. The smallest absolute Gasteiger partial charge is 0.294 e. The zero-order valence-electron chi connectivity index (χ0n) is 18.4. The van der Waals surface area contributed by atoms with Gasteiger partial charge in [-0.15, -0.1) is 0 Å². The molecule has 1 saturated carbocycles. The Morgan fingerprint density at radius 2 is 1.68 bits per heavy atom. The first kappa shape index (κ1) is 22.2. The summed E-state index contributed by atoms with van der Waals surface area (Å²) in [5.74, 6) is 0.244. The number of rotatable bonds is 6. The highest BCUT2D eigenvalue weighted by Crippen LogP contribution is 2.29. The molecule has 2 aromatic rings. The normalized spacial score (nSPS) is 21.0. The minimum absolute atomic E-state index is 0.0944. The van der Waals surface area contributed by atoms with Gasteiger partial charge < -0.3 is 25.0 Å². The van der Waals surface area contributed by atoms with Crippen LogP contribution >= 0.6 is 0 Å². The predicted molar refractivity (Wildman–Crippen MR) is 124 cm³/mol. The molecule has 0 bridgehead atoms. The fourth-order valence-electron chi connectivity index (χ4n) is 5.22. The molecule has 1 aromatic carbocycles. The second-order valence-electron chi connectivity index (χ2n) is 9.11. The topological polar surface area (TPSA) is 90.6 Å². The van der Waals surface area contributed by atoms with Crippen molar-refractivity contribution in [3.05, 3.63) is 34.6 Å². The van der Waals surface area contributed by atoms with E-state index in [9.17, 15) is 9.90 Å². The molecule has 2 fully saturated rings. The van der Waals surface area contributed by atoms with Crippen molar-refractivity contribution in [3.63, 3.8) is 0 Å². The number of para-hydroxylation sites is 2. The van der Waals surface area contributed by atoms with Crippen LogP contribution in [0.3, 0.4) is 0 Å². The molecule has 170 valence electrons. The molecule has 0 spiro atoms. The highest BCUT2D eigenvalue weighted by atomic mass is 16.3. The number of hydrogen-bond donors (Lipinski definition) is 3. The zero-order chi connectivity index (χ0) is 21.6. The molecule has 31 heavy (non-hydrogen) atoms. The van der Waals surface area contributed by atoms with E-state index in [1.807, 2.05) is 28.8 Å². The third-order valence-corrected chi connectivity index (χ3v) is 6.97. The third-order valence-electron chi connectivity index (χ3n) is 6.97. The van der Waals surface area contributed by atoms with E-state index in [0.717, 1.165) is 37.0 Å². The summed E-state index contributed by atoms with van der Waals surface area (Å²) in [6.45, 7) is 1.81. The molecule has 1 atom stereocenters. The van der Waals surface area contributed by atoms with Gasteiger partial charge in [-0.05, 0) is 37.8 Å². The van der Waals surface area contributed by atoms with Crippen LogP contribution in [0.25, 0.3) is 11.0 Å². The number of fused-ring (bicyclic) bond motifs is 1. The molecular weight excluding hydrogens is 392 g/mol. The van der Waals surface area contributed by atoms with Crippen LogP contribution < -0.4 is 10.9 Å². The van der Waals surface area contributed by atoms with Gasteiger partial charge in [0.25, 0.3) is 5.56 Å². The lowest BCUT2D eigenvalue weighted by molar-refractivity contribution is 0.105. The van der Waals surface area contributed by atoms with Gasteiger partial charge in [0.15, 0.2) is 5.82 Å². The fourth-order valence-corrected chi connectivity index (χ4v) is 5.22. The Morgan fingerprint density at radius 1 is 1.00 bits per heavy atom. The van der Waals surface area contributed by atoms with Gasteiger partial charge in [-0.1, -0.05) is 44.2 Å².